The van der Waals surface area contributed by atoms with Crippen LogP contribution in [0.5, 0.6) is 0 Å². The fourth-order valence-electron chi connectivity index (χ4n) is 1.16. The Kier molecular flexibility index (Phi) is 7.41. The fourth-order valence-corrected chi connectivity index (χ4v) is 1.16. The predicted octanol–water partition coefficient (Wildman–Crippen LogP) is 0.413. The molecule has 0 aromatic carbocycles. The van der Waals surface area contributed by atoms with E-state index < -0.39 is 0 Å². The largest absolute Gasteiger partial charge is 0.369 e. The van der Waals surface area contributed by atoms with E-state index in [9.17, 15) is 0 Å². The molecule has 0 aromatic heterocycles. The molecule has 4 N–H and O–H groups in total. The van der Waals surface area contributed by atoms with Crippen molar-refractivity contribution >= 4 is 5.96 Å². The Hall–Kier alpha value is -1.90. The average Bonchev–Trinajstić information content (AvgIpc) is 2.62. The zero-order chi connectivity index (χ0) is 12.4. The van der Waals surface area contributed by atoms with E-state index in [1.165, 1.54) is 25.6 Å². The van der Waals surface area contributed by atoms with Gasteiger partial charge in [0, 0.05) is 26.0 Å². The molecule has 1 aliphatic rings. The lowest BCUT2D eigenvalue weighted by molar-refractivity contribution is 0.293. The number of hydrogen-bond donors (Lipinski definition) is 3. The molecule has 0 aliphatic carbocycles. The van der Waals surface area contributed by atoms with E-state index in [4.69, 9.17) is 10.7 Å². The quantitative estimate of drug-likeness (QED) is 0.279. The third-order valence-electron chi connectivity index (χ3n) is 1.93. The Morgan fingerprint density at radius 2 is 2.31 bits per heavy atom. The molecule has 16 heavy (non-hydrogen) atoms. The van der Waals surface area contributed by atoms with Crippen molar-refractivity contribution < 1.29 is 0 Å². The second-order valence-corrected chi connectivity index (χ2v) is 3.51. The summed E-state index contributed by atoms with van der Waals surface area (Å²) < 4.78 is 0. The van der Waals surface area contributed by atoms with Crippen LogP contribution in [0.15, 0.2) is 12.4 Å². The summed E-state index contributed by atoms with van der Waals surface area (Å²) in [7, 11) is 2.10. The van der Waals surface area contributed by atoms with Crippen LogP contribution in [0.2, 0.25) is 0 Å². The molecular weight excluding hydrogens is 204 g/mol. The molecule has 0 fully saturated rings. The molecule has 0 atom stereocenters. The zero-order valence-corrected chi connectivity index (χ0v) is 9.90. The van der Waals surface area contributed by atoms with Gasteiger partial charge in [-0.05, 0) is 6.42 Å². The second-order valence-electron chi connectivity index (χ2n) is 3.51. The number of nitriles is 1. The summed E-state index contributed by atoms with van der Waals surface area (Å²) in [5, 5.41) is 15.9. The number of rotatable bonds is 3. The Labute approximate surface area is 96.8 Å². The molecular formula is C10H20N6. The minimum absolute atomic E-state index is 0.322. The van der Waals surface area contributed by atoms with Crippen molar-refractivity contribution in [2.24, 2.45) is 5.73 Å². The molecule has 6 nitrogen and oxygen atoms in total. The normalized spacial score (nSPS) is 12.8. The number of hydrogen-bond acceptors (Lipinski definition) is 4. The highest BCUT2D eigenvalue weighted by molar-refractivity contribution is 5.75. The van der Waals surface area contributed by atoms with Gasteiger partial charge in [0.25, 0.3) is 0 Å². The molecule has 0 saturated heterocycles. The summed E-state index contributed by atoms with van der Waals surface area (Å²) in [5.74, 6) is -0.322. The molecule has 1 heterocycles. The maximum atomic E-state index is 7.65. The summed E-state index contributed by atoms with van der Waals surface area (Å²) in [6.07, 6.45) is 8.34. The van der Waals surface area contributed by atoms with Gasteiger partial charge in [-0.2, -0.15) is 5.26 Å². The highest BCUT2D eigenvalue weighted by atomic mass is 15.3. The molecule has 1 rings (SSSR count). The van der Waals surface area contributed by atoms with Crippen molar-refractivity contribution in [3.63, 3.8) is 0 Å². The van der Waals surface area contributed by atoms with Crippen LogP contribution in [-0.4, -0.2) is 36.0 Å². The van der Waals surface area contributed by atoms with E-state index in [0.717, 1.165) is 6.67 Å². The lowest BCUT2D eigenvalue weighted by Crippen LogP contribution is -2.25. The van der Waals surface area contributed by atoms with Gasteiger partial charge >= 0.3 is 0 Å². The van der Waals surface area contributed by atoms with Crippen LogP contribution in [-0.2, 0) is 0 Å². The third kappa shape index (κ3) is 7.50. The SMILES string of the molecule is CCCCN1C=CN(C)C1.N#CNC(=N)N. The minimum Gasteiger partial charge on any atom is -0.369 e. The summed E-state index contributed by atoms with van der Waals surface area (Å²) in [5.41, 5.74) is 4.65. The van der Waals surface area contributed by atoms with Gasteiger partial charge in [-0.3, -0.25) is 10.7 Å². The van der Waals surface area contributed by atoms with Crippen LogP contribution < -0.4 is 11.1 Å². The molecule has 0 amide bonds. The Morgan fingerprint density at radius 3 is 2.62 bits per heavy atom. The molecule has 90 valence electrons. The Bertz CT molecular complexity index is 267. The van der Waals surface area contributed by atoms with Crippen molar-refractivity contribution in [2.45, 2.75) is 19.8 Å². The van der Waals surface area contributed by atoms with Crippen molar-refractivity contribution in [1.29, 1.82) is 10.7 Å². The van der Waals surface area contributed by atoms with Crippen LogP contribution in [0.1, 0.15) is 19.8 Å². The van der Waals surface area contributed by atoms with Gasteiger partial charge in [-0.15, -0.1) is 0 Å². The van der Waals surface area contributed by atoms with Gasteiger partial charge in [-0.1, -0.05) is 13.3 Å². The van der Waals surface area contributed by atoms with Crippen molar-refractivity contribution in [1.82, 2.24) is 15.1 Å². The predicted molar refractivity (Wildman–Crippen MR) is 64.0 cm³/mol. The average molecular weight is 224 g/mol. The smallest absolute Gasteiger partial charge is 0.199 e. The van der Waals surface area contributed by atoms with Gasteiger partial charge in [0.15, 0.2) is 12.2 Å². The van der Waals surface area contributed by atoms with E-state index in [2.05, 4.69) is 41.9 Å². The van der Waals surface area contributed by atoms with E-state index in [-0.39, 0.29) is 5.96 Å². The van der Waals surface area contributed by atoms with Gasteiger partial charge in [0.05, 0.1) is 6.67 Å². The Balaban J connectivity index is 0.000000325. The summed E-state index contributed by atoms with van der Waals surface area (Å²) >= 11 is 0. The van der Waals surface area contributed by atoms with Gasteiger partial charge in [-0.25, -0.2) is 0 Å². The van der Waals surface area contributed by atoms with E-state index in [1.54, 1.807) is 0 Å². The number of nitrogens with one attached hydrogen (secondary N) is 2. The minimum atomic E-state index is -0.322. The highest BCUT2D eigenvalue weighted by Gasteiger charge is 2.05. The maximum Gasteiger partial charge on any atom is 0.199 e. The van der Waals surface area contributed by atoms with Crippen LogP contribution in [0.4, 0.5) is 0 Å². The molecule has 0 saturated carbocycles. The highest BCUT2D eigenvalue weighted by Crippen LogP contribution is 2.04. The molecule has 0 radical (unpaired) electrons. The standard InChI is InChI=1S/C8H16N2.C2H4N4/c1-3-4-5-10-7-6-9(2)8-10;3-1-6-2(4)5/h6-7H,3-5,8H2,1-2H3;(H4,4,5,6). The van der Waals surface area contributed by atoms with Crippen LogP contribution in [0.3, 0.4) is 0 Å². The summed E-state index contributed by atoms with van der Waals surface area (Å²) in [4.78, 5) is 4.53. The van der Waals surface area contributed by atoms with Crippen LogP contribution in [0.25, 0.3) is 0 Å². The number of unbranched alkanes of at least 4 members (excludes halogenated alkanes) is 1. The maximum absolute atomic E-state index is 7.65. The number of nitrogens with zero attached hydrogens (tertiary/aromatic N) is 3. The third-order valence-corrected chi connectivity index (χ3v) is 1.93. The summed E-state index contributed by atoms with van der Waals surface area (Å²) in [6, 6.07) is 0. The van der Waals surface area contributed by atoms with Crippen molar-refractivity contribution in [2.75, 3.05) is 20.3 Å². The van der Waals surface area contributed by atoms with Gasteiger partial charge in [0.2, 0.25) is 0 Å². The first-order chi connectivity index (χ1) is 7.60. The molecule has 0 bridgehead atoms. The molecule has 0 unspecified atom stereocenters. The van der Waals surface area contributed by atoms with Crippen LogP contribution >= 0.6 is 0 Å². The van der Waals surface area contributed by atoms with E-state index in [1.807, 2.05) is 5.32 Å². The molecule has 1 aliphatic heterocycles. The molecule has 6 heteroatoms. The van der Waals surface area contributed by atoms with Gasteiger partial charge < -0.3 is 15.5 Å². The lowest BCUT2D eigenvalue weighted by Gasteiger charge is -2.17. The van der Waals surface area contributed by atoms with Crippen LogP contribution in [0, 0.1) is 16.9 Å². The fraction of sp³-hybridized carbons (Fsp3) is 0.600. The van der Waals surface area contributed by atoms with E-state index >= 15 is 0 Å². The monoisotopic (exact) mass is 224 g/mol. The number of nitrogens with two attached hydrogens (primary N) is 1. The second kappa shape index (κ2) is 8.41. The first kappa shape index (κ1) is 14.1. The number of guanidine groups is 1. The van der Waals surface area contributed by atoms with Crippen molar-refractivity contribution in [3.8, 4) is 6.19 Å². The topological polar surface area (TPSA) is 92.2 Å². The lowest BCUT2D eigenvalue weighted by atomic mass is 10.3. The first-order valence-corrected chi connectivity index (χ1v) is 5.22. The van der Waals surface area contributed by atoms with E-state index in [0.29, 0.717) is 0 Å². The Morgan fingerprint density at radius 1 is 1.62 bits per heavy atom. The van der Waals surface area contributed by atoms with Crippen molar-refractivity contribution in [3.05, 3.63) is 12.4 Å². The zero-order valence-electron chi connectivity index (χ0n) is 9.90. The summed E-state index contributed by atoms with van der Waals surface area (Å²) in [6.45, 7) is 4.50. The first-order valence-electron chi connectivity index (χ1n) is 5.22. The molecule has 0 aromatic rings. The van der Waals surface area contributed by atoms with Gasteiger partial charge in [0.1, 0.15) is 0 Å². The molecule has 0 spiro atoms.